The van der Waals surface area contributed by atoms with Crippen LogP contribution in [0.1, 0.15) is 43.1 Å². The summed E-state index contributed by atoms with van der Waals surface area (Å²) in [5.74, 6) is -0.694. The molecular weight excluding hydrogens is 386 g/mol. The van der Waals surface area contributed by atoms with Gasteiger partial charge in [-0.1, -0.05) is 13.0 Å². The van der Waals surface area contributed by atoms with E-state index < -0.39 is 23.7 Å². The molecule has 0 saturated heterocycles. The van der Waals surface area contributed by atoms with E-state index in [0.717, 1.165) is 5.56 Å². The Morgan fingerprint density at radius 3 is 2.83 bits per heavy atom. The van der Waals surface area contributed by atoms with Gasteiger partial charge in [0.25, 0.3) is 5.56 Å². The highest BCUT2D eigenvalue weighted by atomic mass is 16.6. The van der Waals surface area contributed by atoms with Crippen molar-refractivity contribution in [2.24, 2.45) is 5.73 Å². The van der Waals surface area contributed by atoms with Crippen molar-refractivity contribution in [2.45, 2.75) is 44.6 Å². The third kappa shape index (κ3) is 2.31. The summed E-state index contributed by atoms with van der Waals surface area (Å²) < 4.78 is 6.95. The maximum absolute atomic E-state index is 13.5. The Labute approximate surface area is 171 Å². The molecule has 1 aromatic carbocycles. The Morgan fingerprint density at radius 1 is 1.37 bits per heavy atom. The lowest BCUT2D eigenvalue weighted by atomic mass is 9.82. The smallest absolute Gasteiger partial charge is 0.343 e. The van der Waals surface area contributed by atoms with Crippen LogP contribution in [0.2, 0.25) is 0 Å². The molecule has 4 heterocycles. The predicted octanol–water partition coefficient (Wildman–Crippen LogP) is 1.67. The van der Waals surface area contributed by atoms with E-state index in [4.69, 9.17) is 10.5 Å². The van der Waals surface area contributed by atoms with Gasteiger partial charge in [-0.2, -0.15) is 0 Å². The van der Waals surface area contributed by atoms with E-state index in [0.29, 0.717) is 22.3 Å². The molecule has 3 aromatic rings. The number of carbonyl (C=O) groups is 1. The van der Waals surface area contributed by atoms with Crippen LogP contribution in [-0.4, -0.2) is 31.8 Å². The van der Waals surface area contributed by atoms with Gasteiger partial charge in [0.2, 0.25) is 0 Å². The first kappa shape index (κ1) is 18.8. The number of aromatic hydroxyl groups is 1. The number of benzene rings is 1. The Balaban J connectivity index is 1.82. The lowest BCUT2D eigenvalue weighted by Crippen LogP contribution is -2.49. The van der Waals surface area contributed by atoms with Crippen molar-refractivity contribution in [3.63, 3.8) is 0 Å². The molecule has 0 spiro atoms. The molecule has 0 amide bonds. The number of phenolic OH excluding ortho intramolecular Hbond substituents is 1. The fourth-order valence-corrected chi connectivity index (χ4v) is 4.45. The van der Waals surface area contributed by atoms with Crippen molar-refractivity contribution in [1.82, 2.24) is 9.55 Å². The van der Waals surface area contributed by atoms with E-state index >= 15 is 0 Å². The molecule has 5 rings (SSSR count). The lowest BCUT2D eigenvalue weighted by molar-refractivity contribution is -0.179. The van der Waals surface area contributed by atoms with E-state index in [1.54, 1.807) is 42.7 Å². The van der Waals surface area contributed by atoms with Crippen molar-refractivity contribution >= 4 is 16.9 Å². The number of hydrogen-bond acceptors (Lipinski definition) is 7. The molecule has 2 unspecified atom stereocenters. The van der Waals surface area contributed by atoms with E-state index in [9.17, 15) is 19.8 Å². The number of rotatable bonds is 2. The Hall–Kier alpha value is -3.23. The third-order valence-electron chi connectivity index (χ3n) is 6.11. The molecule has 2 aromatic heterocycles. The number of aliphatic hydroxyl groups is 1. The molecule has 154 valence electrons. The first-order valence-corrected chi connectivity index (χ1v) is 9.85. The molecule has 2 aliphatic rings. The number of fused-ring (bicyclic) bond motifs is 5. The largest absolute Gasteiger partial charge is 0.507 e. The summed E-state index contributed by atoms with van der Waals surface area (Å²) in [5, 5.41) is 21.9. The van der Waals surface area contributed by atoms with Crippen molar-refractivity contribution in [3.05, 3.63) is 57.4 Å². The summed E-state index contributed by atoms with van der Waals surface area (Å²) in [7, 11) is 0. The van der Waals surface area contributed by atoms with Crippen molar-refractivity contribution < 1.29 is 19.7 Å². The van der Waals surface area contributed by atoms with Crippen LogP contribution < -0.4 is 11.3 Å². The maximum Gasteiger partial charge on any atom is 0.343 e. The Bertz CT molecular complexity index is 1300. The quantitative estimate of drug-likeness (QED) is 0.431. The topological polar surface area (TPSA) is 128 Å². The molecule has 0 saturated carbocycles. The monoisotopic (exact) mass is 407 g/mol. The molecule has 30 heavy (non-hydrogen) atoms. The van der Waals surface area contributed by atoms with Crippen LogP contribution in [-0.2, 0) is 21.7 Å². The van der Waals surface area contributed by atoms with Gasteiger partial charge in [0.05, 0.1) is 29.0 Å². The summed E-state index contributed by atoms with van der Waals surface area (Å²) in [6, 6.07) is 7.91. The van der Waals surface area contributed by atoms with Crippen LogP contribution in [0.5, 0.6) is 5.75 Å². The van der Waals surface area contributed by atoms with Gasteiger partial charge in [-0.05, 0) is 37.6 Å². The van der Waals surface area contributed by atoms with Gasteiger partial charge in [-0.15, -0.1) is 0 Å². The average molecular weight is 407 g/mol. The van der Waals surface area contributed by atoms with Gasteiger partial charge < -0.3 is 25.3 Å². The van der Waals surface area contributed by atoms with E-state index in [2.05, 4.69) is 4.98 Å². The minimum Gasteiger partial charge on any atom is -0.507 e. The zero-order chi connectivity index (χ0) is 21.4. The summed E-state index contributed by atoms with van der Waals surface area (Å²) in [6.45, 7) is 3.57. The molecule has 0 bridgehead atoms. The number of esters is 1. The summed E-state index contributed by atoms with van der Waals surface area (Å²) >= 11 is 0. The number of nitrogens with zero attached hydrogens (tertiary/aromatic N) is 2. The summed E-state index contributed by atoms with van der Waals surface area (Å²) in [6.07, 6.45) is -0.886. The highest BCUT2D eigenvalue weighted by Gasteiger charge is 2.49. The van der Waals surface area contributed by atoms with Gasteiger partial charge in [0.15, 0.2) is 5.60 Å². The van der Waals surface area contributed by atoms with Crippen LogP contribution >= 0.6 is 0 Å². The average Bonchev–Trinajstić information content (AvgIpc) is 3.08. The van der Waals surface area contributed by atoms with Crippen molar-refractivity contribution in [1.29, 1.82) is 0 Å². The molecule has 3 atom stereocenters. The molecule has 0 fully saturated rings. The van der Waals surface area contributed by atoms with Gasteiger partial charge in [0, 0.05) is 22.6 Å². The minimum absolute atomic E-state index is 0.0548. The lowest BCUT2D eigenvalue weighted by Gasteiger charge is -2.37. The van der Waals surface area contributed by atoms with Crippen LogP contribution in [0, 0.1) is 0 Å². The second-order valence-electron chi connectivity index (χ2n) is 7.99. The minimum atomic E-state index is -1.92. The zero-order valence-electron chi connectivity index (χ0n) is 16.5. The number of aromatic nitrogens is 2. The highest BCUT2D eigenvalue weighted by molar-refractivity contribution is 5.89. The van der Waals surface area contributed by atoms with Gasteiger partial charge in [-0.3, -0.25) is 4.79 Å². The number of pyridine rings is 2. The summed E-state index contributed by atoms with van der Waals surface area (Å²) in [5.41, 5.74) is 6.62. The maximum atomic E-state index is 13.5. The van der Waals surface area contributed by atoms with Crippen LogP contribution in [0.3, 0.4) is 0 Å². The Morgan fingerprint density at radius 2 is 2.13 bits per heavy atom. The fourth-order valence-electron chi connectivity index (χ4n) is 4.45. The number of carbonyl (C=O) groups excluding carboxylic acids is 1. The Kier molecular flexibility index (Phi) is 3.84. The third-order valence-corrected chi connectivity index (χ3v) is 6.11. The van der Waals surface area contributed by atoms with Crippen molar-refractivity contribution in [3.8, 4) is 17.1 Å². The number of nitrogens with two attached hydrogens (primary N) is 1. The first-order chi connectivity index (χ1) is 14.3. The molecular formula is C22H21N3O5. The number of hydrogen-bond donors (Lipinski definition) is 3. The number of cyclic esters (lactones) is 1. The predicted molar refractivity (Wildman–Crippen MR) is 109 cm³/mol. The van der Waals surface area contributed by atoms with E-state index in [1.165, 1.54) is 0 Å². The number of phenols is 1. The molecule has 8 nitrogen and oxygen atoms in total. The fraction of sp³-hybridized carbons (Fsp3) is 0.318. The van der Waals surface area contributed by atoms with E-state index in [-0.39, 0.29) is 35.4 Å². The van der Waals surface area contributed by atoms with Gasteiger partial charge in [-0.25, -0.2) is 9.78 Å². The first-order valence-electron chi connectivity index (χ1n) is 9.85. The van der Waals surface area contributed by atoms with Gasteiger partial charge in [0.1, 0.15) is 11.9 Å². The zero-order valence-corrected chi connectivity index (χ0v) is 16.5. The van der Waals surface area contributed by atoms with Crippen LogP contribution in [0.4, 0.5) is 0 Å². The molecule has 0 aliphatic carbocycles. The van der Waals surface area contributed by atoms with Crippen LogP contribution in [0.15, 0.2) is 35.1 Å². The SMILES string of the molecule is CC[C@@]1(O)C(=O)OC(C(C)N)c2c1cc1n(c2=O)Cc2cc3c(O)cccc3nc2-1. The molecule has 2 aliphatic heterocycles. The standard InChI is InChI=1S/C22H21N3O5/c1-3-22(29)13-8-15-18-11(7-12-14(24-18)5-4-6-16(12)26)9-25(15)20(27)17(13)19(10(2)23)30-21(22)28/h4-8,10,19,26,29H,3,9,23H2,1-2H3/t10?,19?,22-/m0/s1. The second-order valence-corrected chi connectivity index (χ2v) is 7.99. The van der Waals surface area contributed by atoms with Gasteiger partial charge >= 0.3 is 5.97 Å². The molecule has 0 radical (unpaired) electrons. The second kappa shape index (κ2) is 6.13. The molecule has 8 heteroatoms. The highest BCUT2D eigenvalue weighted by Crippen LogP contribution is 2.42. The van der Waals surface area contributed by atoms with Crippen molar-refractivity contribution in [2.75, 3.05) is 0 Å². The molecule has 4 N–H and O–H groups in total. The van der Waals surface area contributed by atoms with Crippen LogP contribution in [0.25, 0.3) is 22.3 Å². The number of ether oxygens (including phenoxy) is 1. The van der Waals surface area contributed by atoms with E-state index in [1.807, 2.05) is 6.07 Å². The summed E-state index contributed by atoms with van der Waals surface area (Å²) in [4.78, 5) is 30.8. The normalized spacial score (nSPS) is 22.9.